The number of hydrogen-bond donors (Lipinski definition) is 0. The van der Waals surface area contributed by atoms with E-state index >= 15 is 0 Å². The van der Waals surface area contributed by atoms with Crippen LogP contribution in [0.4, 0.5) is 0 Å². The molecule has 0 unspecified atom stereocenters. The Morgan fingerprint density at radius 3 is 2.82 bits per heavy atom. The molecule has 0 aliphatic carbocycles. The highest BCUT2D eigenvalue weighted by Gasteiger charge is 2.03. The van der Waals surface area contributed by atoms with Crippen molar-refractivity contribution >= 4 is 17.9 Å². The van der Waals surface area contributed by atoms with Crippen molar-refractivity contribution in [1.82, 2.24) is 0 Å². The number of hydrogen-bond acceptors (Lipinski definition) is 3. The molecule has 94 valence electrons. The van der Waals surface area contributed by atoms with E-state index in [1.165, 1.54) is 0 Å². The molecule has 17 heavy (non-hydrogen) atoms. The molecule has 4 heteroatoms. The first kappa shape index (κ1) is 14.0. The van der Waals surface area contributed by atoms with Crippen molar-refractivity contribution in [3.63, 3.8) is 0 Å². The van der Waals surface area contributed by atoms with Crippen molar-refractivity contribution in [2.75, 3.05) is 19.8 Å². The summed E-state index contributed by atoms with van der Waals surface area (Å²) in [4.78, 5) is 10.8. The minimum atomic E-state index is 0.422. The summed E-state index contributed by atoms with van der Waals surface area (Å²) in [5, 5.41) is 0.553. The van der Waals surface area contributed by atoms with E-state index in [4.69, 9.17) is 21.1 Å². The average Bonchev–Trinajstić information content (AvgIpc) is 2.34. The number of rotatable bonds is 8. The Morgan fingerprint density at radius 1 is 1.29 bits per heavy atom. The zero-order chi connectivity index (χ0) is 12.5. The molecule has 0 saturated carbocycles. The van der Waals surface area contributed by atoms with Crippen LogP contribution in [0.5, 0.6) is 5.75 Å². The minimum absolute atomic E-state index is 0.422. The lowest BCUT2D eigenvalue weighted by molar-refractivity contribution is 0.0969. The van der Waals surface area contributed by atoms with Crippen LogP contribution < -0.4 is 4.74 Å². The third kappa shape index (κ3) is 5.20. The van der Waals surface area contributed by atoms with Gasteiger partial charge in [-0.25, -0.2) is 0 Å². The number of benzene rings is 1. The number of aldehydes is 1. The molecule has 0 aromatic heterocycles. The van der Waals surface area contributed by atoms with Gasteiger partial charge in [-0.2, -0.15) is 0 Å². The maximum Gasteiger partial charge on any atom is 0.153 e. The van der Waals surface area contributed by atoms with Gasteiger partial charge in [0.2, 0.25) is 0 Å². The fourth-order valence-corrected chi connectivity index (χ4v) is 1.45. The van der Waals surface area contributed by atoms with E-state index in [1.54, 1.807) is 18.2 Å². The minimum Gasteiger partial charge on any atom is -0.490 e. The molecule has 0 fully saturated rings. The number of carbonyl (C=O) groups excluding carboxylic acids is 1. The van der Waals surface area contributed by atoms with Gasteiger partial charge in [-0.3, -0.25) is 4.79 Å². The van der Waals surface area contributed by atoms with Gasteiger partial charge in [-0.1, -0.05) is 24.9 Å². The molecule has 1 aromatic carbocycles. The largest absolute Gasteiger partial charge is 0.490 e. The predicted molar refractivity (Wildman–Crippen MR) is 68.1 cm³/mol. The van der Waals surface area contributed by atoms with Crippen molar-refractivity contribution in [2.45, 2.75) is 19.8 Å². The summed E-state index contributed by atoms with van der Waals surface area (Å²) < 4.78 is 10.8. The second-order valence-electron chi connectivity index (χ2n) is 3.61. The van der Waals surface area contributed by atoms with E-state index in [1.807, 2.05) is 0 Å². The second-order valence-corrected chi connectivity index (χ2v) is 4.05. The molecule has 0 N–H and O–H groups in total. The zero-order valence-electron chi connectivity index (χ0n) is 9.95. The van der Waals surface area contributed by atoms with Crippen LogP contribution >= 0.6 is 11.6 Å². The number of ether oxygens (including phenoxy) is 2. The molecule has 0 radical (unpaired) electrons. The van der Waals surface area contributed by atoms with Crippen molar-refractivity contribution < 1.29 is 14.3 Å². The van der Waals surface area contributed by atoms with Gasteiger partial charge in [0, 0.05) is 11.6 Å². The summed E-state index contributed by atoms with van der Waals surface area (Å²) in [6, 6.07) is 4.94. The lowest BCUT2D eigenvalue weighted by Gasteiger charge is -2.09. The highest BCUT2D eigenvalue weighted by Crippen LogP contribution is 2.21. The molecule has 0 bridgehead atoms. The van der Waals surface area contributed by atoms with Gasteiger partial charge < -0.3 is 9.47 Å². The summed E-state index contributed by atoms with van der Waals surface area (Å²) in [5.74, 6) is 0.506. The smallest absolute Gasteiger partial charge is 0.153 e. The number of carbonyl (C=O) groups is 1. The predicted octanol–water partition coefficient (Wildman–Crippen LogP) is 3.35. The van der Waals surface area contributed by atoms with Gasteiger partial charge >= 0.3 is 0 Å². The van der Waals surface area contributed by atoms with Crippen LogP contribution in [0.25, 0.3) is 0 Å². The van der Waals surface area contributed by atoms with Crippen LogP contribution in [0.3, 0.4) is 0 Å². The molecule has 0 saturated heterocycles. The van der Waals surface area contributed by atoms with Crippen LogP contribution in [0, 0.1) is 0 Å². The fourth-order valence-electron chi connectivity index (χ4n) is 1.29. The van der Waals surface area contributed by atoms with E-state index in [-0.39, 0.29) is 0 Å². The molecule has 0 amide bonds. The average molecular weight is 257 g/mol. The summed E-state index contributed by atoms with van der Waals surface area (Å²) in [6.07, 6.45) is 2.92. The van der Waals surface area contributed by atoms with Crippen LogP contribution in [-0.4, -0.2) is 26.1 Å². The molecule has 0 aliphatic rings. The first-order valence-electron chi connectivity index (χ1n) is 5.73. The van der Waals surface area contributed by atoms with Crippen LogP contribution in [-0.2, 0) is 4.74 Å². The lowest BCUT2D eigenvalue weighted by Crippen LogP contribution is -2.08. The summed E-state index contributed by atoms with van der Waals surface area (Å²) in [7, 11) is 0. The van der Waals surface area contributed by atoms with Gasteiger partial charge in [0.15, 0.2) is 6.29 Å². The Kier molecular flexibility index (Phi) is 6.67. The molecule has 3 nitrogen and oxygen atoms in total. The second kappa shape index (κ2) is 8.09. The van der Waals surface area contributed by atoms with E-state index < -0.39 is 0 Å². The van der Waals surface area contributed by atoms with Gasteiger partial charge in [-0.05, 0) is 24.6 Å². The van der Waals surface area contributed by atoms with E-state index in [2.05, 4.69) is 6.92 Å². The highest BCUT2D eigenvalue weighted by molar-refractivity contribution is 6.30. The molecule has 0 atom stereocenters. The van der Waals surface area contributed by atoms with Crippen LogP contribution in [0.15, 0.2) is 18.2 Å². The van der Waals surface area contributed by atoms with Crippen LogP contribution in [0.1, 0.15) is 30.1 Å². The van der Waals surface area contributed by atoms with E-state index in [0.717, 1.165) is 25.7 Å². The quantitative estimate of drug-likeness (QED) is 0.529. The highest BCUT2D eigenvalue weighted by atomic mass is 35.5. The number of halogens is 1. The van der Waals surface area contributed by atoms with Gasteiger partial charge in [-0.15, -0.1) is 0 Å². The van der Waals surface area contributed by atoms with Gasteiger partial charge in [0.05, 0.1) is 12.2 Å². The topological polar surface area (TPSA) is 35.5 Å². The molecule has 1 aromatic rings. The van der Waals surface area contributed by atoms with Crippen molar-refractivity contribution in [3.8, 4) is 5.75 Å². The zero-order valence-corrected chi connectivity index (χ0v) is 10.7. The molecule has 0 spiro atoms. The molecule has 1 rings (SSSR count). The maximum absolute atomic E-state index is 10.8. The van der Waals surface area contributed by atoms with Crippen LogP contribution in [0.2, 0.25) is 5.02 Å². The SMILES string of the molecule is CCCCOCCOc1cc(Cl)ccc1C=O. The Balaban J connectivity index is 2.35. The monoisotopic (exact) mass is 256 g/mol. The van der Waals surface area contributed by atoms with Crippen molar-refractivity contribution in [3.05, 3.63) is 28.8 Å². The lowest BCUT2D eigenvalue weighted by atomic mass is 10.2. The first-order valence-corrected chi connectivity index (χ1v) is 6.11. The summed E-state index contributed by atoms with van der Waals surface area (Å²) in [5.41, 5.74) is 0.503. The fraction of sp³-hybridized carbons (Fsp3) is 0.462. The maximum atomic E-state index is 10.8. The standard InChI is InChI=1S/C13H17ClO3/c1-2-3-6-16-7-8-17-13-9-12(14)5-4-11(13)10-15/h4-5,9-10H,2-3,6-8H2,1H3. The van der Waals surface area contributed by atoms with Gasteiger partial charge in [0.1, 0.15) is 12.4 Å². The van der Waals surface area contributed by atoms with Crippen molar-refractivity contribution in [1.29, 1.82) is 0 Å². The molecule has 0 heterocycles. The van der Waals surface area contributed by atoms with Crippen molar-refractivity contribution in [2.24, 2.45) is 0 Å². The normalized spacial score (nSPS) is 10.2. The summed E-state index contributed by atoms with van der Waals surface area (Å²) in [6.45, 7) is 3.80. The Morgan fingerprint density at radius 2 is 2.12 bits per heavy atom. The molecular weight excluding hydrogens is 240 g/mol. The Labute approximate surface area is 107 Å². The first-order chi connectivity index (χ1) is 8.27. The molecular formula is C13H17ClO3. The van der Waals surface area contributed by atoms with E-state index in [0.29, 0.717) is 29.5 Å². The molecule has 0 aliphatic heterocycles. The Hall–Kier alpha value is -1.06. The third-order valence-corrected chi connectivity index (χ3v) is 2.47. The van der Waals surface area contributed by atoms with E-state index in [9.17, 15) is 4.79 Å². The summed E-state index contributed by atoms with van der Waals surface area (Å²) >= 11 is 5.83. The number of unbranched alkanes of at least 4 members (excludes halogenated alkanes) is 1. The third-order valence-electron chi connectivity index (χ3n) is 2.23. The van der Waals surface area contributed by atoms with Gasteiger partial charge in [0.25, 0.3) is 0 Å². The Bertz CT molecular complexity index is 353.